The quantitative estimate of drug-likeness (QED) is 0.478. The van der Waals surface area contributed by atoms with E-state index in [-0.39, 0.29) is 0 Å². The van der Waals surface area contributed by atoms with E-state index in [0.29, 0.717) is 0 Å². The zero-order valence-electron chi connectivity index (χ0n) is 8.23. The van der Waals surface area contributed by atoms with Gasteiger partial charge in [0.2, 0.25) is 0 Å². The Morgan fingerprint density at radius 1 is 0.800 bits per heavy atom. The van der Waals surface area contributed by atoms with Crippen molar-refractivity contribution >= 4 is 34.2 Å². The molecule has 3 heteroatoms. The average molecular weight is 312 g/mol. The second kappa shape index (κ2) is 7.11. The van der Waals surface area contributed by atoms with Crippen LogP contribution in [0.1, 0.15) is 0 Å². The zero-order valence-corrected chi connectivity index (χ0v) is 10.4. The van der Waals surface area contributed by atoms with Crippen LogP contribution in [0.5, 0.6) is 0 Å². The largest absolute Gasteiger partial charge is 0.399 e. The first kappa shape index (κ1) is 11.8. The predicted molar refractivity (Wildman–Crippen MR) is 74.9 cm³/mol. The third-order valence-corrected chi connectivity index (χ3v) is 2.31. The van der Waals surface area contributed by atoms with Crippen LogP contribution in [0.15, 0.2) is 60.7 Å². The first-order chi connectivity index (χ1) is 7.33. The molecule has 0 aliphatic carbocycles. The van der Waals surface area contributed by atoms with E-state index < -0.39 is 0 Å². The summed E-state index contributed by atoms with van der Waals surface area (Å²) >= 11 is 2.10. The van der Waals surface area contributed by atoms with Crippen LogP contribution < -0.4 is 9.26 Å². The van der Waals surface area contributed by atoms with Crippen molar-refractivity contribution in [2.75, 3.05) is 9.26 Å². The standard InChI is InChI=1S/C6H6IN.C6H7N/c7-8-6-4-2-1-3-5-6;7-6-4-2-1-3-5-6/h1-5,8H;1-5H,7H2. The van der Waals surface area contributed by atoms with Crippen LogP contribution in [0.25, 0.3) is 0 Å². The van der Waals surface area contributed by atoms with Crippen LogP contribution in [-0.4, -0.2) is 0 Å². The molecule has 2 nitrogen and oxygen atoms in total. The lowest BCUT2D eigenvalue weighted by atomic mass is 10.3. The van der Waals surface area contributed by atoms with Crippen LogP contribution in [0.4, 0.5) is 11.4 Å². The maximum absolute atomic E-state index is 5.36. The van der Waals surface area contributed by atoms with Gasteiger partial charge in [-0.25, -0.2) is 0 Å². The Kier molecular flexibility index (Phi) is 5.62. The number of nitrogens with one attached hydrogen (secondary N) is 1. The zero-order chi connectivity index (χ0) is 10.9. The molecule has 0 heterocycles. The molecule has 0 bridgehead atoms. The Morgan fingerprint density at radius 2 is 1.27 bits per heavy atom. The summed E-state index contributed by atoms with van der Waals surface area (Å²) in [6, 6.07) is 19.5. The van der Waals surface area contributed by atoms with Gasteiger partial charge in [0.25, 0.3) is 0 Å². The maximum Gasteiger partial charge on any atom is 0.0560 e. The third-order valence-electron chi connectivity index (χ3n) is 1.68. The SMILES string of the molecule is INc1ccccc1.Nc1ccccc1. The lowest BCUT2D eigenvalue weighted by molar-refractivity contribution is 1.69. The Balaban J connectivity index is 0.000000151. The summed E-state index contributed by atoms with van der Waals surface area (Å²) in [5.74, 6) is 0. The molecule has 15 heavy (non-hydrogen) atoms. The molecule has 0 aliphatic rings. The molecule has 78 valence electrons. The Labute approximate surface area is 104 Å². The maximum atomic E-state index is 5.36. The molecule has 0 amide bonds. The number of para-hydroxylation sites is 2. The van der Waals surface area contributed by atoms with E-state index in [1.165, 1.54) is 0 Å². The summed E-state index contributed by atoms with van der Waals surface area (Å²) in [5.41, 5.74) is 7.33. The molecule has 2 aromatic carbocycles. The molecule has 0 fully saturated rings. The summed E-state index contributed by atoms with van der Waals surface area (Å²) in [4.78, 5) is 0. The highest BCUT2D eigenvalue weighted by Crippen LogP contribution is 2.05. The minimum absolute atomic E-state index is 0.822. The van der Waals surface area contributed by atoms with E-state index in [9.17, 15) is 0 Å². The highest BCUT2D eigenvalue weighted by molar-refractivity contribution is 14.1. The van der Waals surface area contributed by atoms with Gasteiger partial charge in [-0.1, -0.05) is 36.4 Å². The molecule has 0 aliphatic heterocycles. The van der Waals surface area contributed by atoms with Gasteiger partial charge in [-0.2, -0.15) is 0 Å². The van der Waals surface area contributed by atoms with Crippen LogP contribution in [0.2, 0.25) is 0 Å². The number of benzene rings is 2. The van der Waals surface area contributed by atoms with Gasteiger partial charge >= 0.3 is 0 Å². The van der Waals surface area contributed by atoms with E-state index in [1.54, 1.807) is 0 Å². The van der Waals surface area contributed by atoms with Crippen molar-refractivity contribution in [1.29, 1.82) is 0 Å². The molecule has 0 unspecified atom stereocenters. The Hall–Kier alpha value is -1.23. The van der Waals surface area contributed by atoms with Crippen LogP contribution in [0, 0.1) is 0 Å². The van der Waals surface area contributed by atoms with Gasteiger partial charge in [0.1, 0.15) is 0 Å². The van der Waals surface area contributed by atoms with E-state index >= 15 is 0 Å². The van der Waals surface area contributed by atoms with Crippen molar-refractivity contribution in [3.8, 4) is 0 Å². The fourth-order valence-electron chi connectivity index (χ4n) is 0.954. The van der Waals surface area contributed by atoms with Crippen molar-refractivity contribution < 1.29 is 0 Å². The molecule has 0 radical (unpaired) electrons. The Bertz CT molecular complexity index is 362. The molecular weight excluding hydrogens is 299 g/mol. The van der Waals surface area contributed by atoms with E-state index in [2.05, 4.69) is 26.4 Å². The van der Waals surface area contributed by atoms with Crippen molar-refractivity contribution in [3.63, 3.8) is 0 Å². The van der Waals surface area contributed by atoms with Gasteiger partial charge in [0.15, 0.2) is 0 Å². The number of nitrogen functional groups attached to an aromatic ring is 1. The van der Waals surface area contributed by atoms with Crippen LogP contribution >= 0.6 is 22.9 Å². The topological polar surface area (TPSA) is 38.0 Å². The highest BCUT2D eigenvalue weighted by Gasteiger charge is 1.79. The smallest absolute Gasteiger partial charge is 0.0560 e. The number of halogens is 1. The molecule has 2 rings (SSSR count). The van der Waals surface area contributed by atoms with E-state index in [1.807, 2.05) is 60.7 Å². The van der Waals surface area contributed by atoms with Crippen molar-refractivity contribution in [2.45, 2.75) is 0 Å². The second-order valence-corrected chi connectivity index (χ2v) is 3.41. The lowest BCUT2D eigenvalue weighted by Crippen LogP contribution is -1.79. The molecular formula is C12H13IN2. The van der Waals surface area contributed by atoms with Gasteiger partial charge < -0.3 is 9.26 Å². The molecule has 0 saturated heterocycles. The number of nitrogens with two attached hydrogens (primary N) is 1. The van der Waals surface area contributed by atoms with Crippen molar-refractivity contribution in [2.24, 2.45) is 0 Å². The number of rotatable bonds is 1. The summed E-state index contributed by atoms with van der Waals surface area (Å²) in [7, 11) is 0. The fourth-order valence-corrected chi connectivity index (χ4v) is 1.31. The number of hydrogen-bond acceptors (Lipinski definition) is 2. The summed E-state index contributed by atoms with van der Waals surface area (Å²) < 4.78 is 3.00. The van der Waals surface area contributed by atoms with Gasteiger partial charge in [-0.05, 0) is 24.3 Å². The van der Waals surface area contributed by atoms with E-state index in [4.69, 9.17) is 5.73 Å². The van der Waals surface area contributed by atoms with Crippen molar-refractivity contribution in [3.05, 3.63) is 60.7 Å². The van der Waals surface area contributed by atoms with Crippen LogP contribution in [-0.2, 0) is 0 Å². The summed E-state index contributed by atoms with van der Waals surface area (Å²) in [6.45, 7) is 0. The molecule has 0 atom stereocenters. The molecule has 2 aromatic rings. The predicted octanol–water partition coefficient (Wildman–Crippen LogP) is 3.72. The molecule has 0 spiro atoms. The van der Waals surface area contributed by atoms with Gasteiger partial charge in [0, 0.05) is 11.4 Å². The first-order valence-electron chi connectivity index (χ1n) is 4.55. The number of hydrogen-bond donors (Lipinski definition) is 2. The lowest BCUT2D eigenvalue weighted by Gasteiger charge is -1.91. The third kappa shape index (κ3) is 5.27. The average Bonchev–Trinajstić information content (AvgIpc) is 2.32. The summed E-state index contributed by atoms with van der Waals surface area (Å²) in [5, 5.41) is 0. The van der Waals surface area contributed by atoms with Gasteiger partial charge in [-0.3, -0.25) is 0 Å². The number of anilines is 2. The minimum atomic E-state index is 0.822. The highest BCUT2D eigenvalue weighted by atomic mass is 127. The van der Waals surface area contributed by atoms with Gasteiger partial charge in [-0.15, -0.1) is 0 Å². The normalized spacial score (nSPS) is 8.60. The molecule has 3 N–H and O–H groups in total. The molecule has 0 saturated carbocycles. The minimum Gasteiger partial charge on any atom is -0.399 e. The van der Waals surface area contributed by atoms with Gasteiger partial charge in [0.05, 0.1) is 22.9 Å². The van der Waals surface area contributed by atoms with Crippen LogP contribution in [0.3, 0.4) is 0 Å². The first-order valence-corrected chi connectivity index (χ1v) is 5.63. The summed E-state index contributed by atoms with van der Waals surface area (Å²) in [6.07, 6.45) is 0. The second-order valence-electron chi connectivity index (χ2n) is 2.87. The molecule has 0 aromatic heterocycles. The Morgan fingerprint density at radius 3 is 1.53 bits per heavy atom. The van der Waals surface area contributed by atoms with E-state index in [0.717, 1.165) is 11.4 Å². The fraction of sp³-hybridized carbons (Fsp3) is 0. The van der Waals surface area contributed by atoms with Crippen molar-refractivity contribution in [1.82, 2.24) is 0 Å². The monoisotopic (exact) mass is 312 g/mol.